The predicted octanol–water partition coefficient (Wildman–Crippen LogP) is 1.80. The standard InChI is InChI=1S/C66H124N14O16/c1-9-17-20-22-27-72-59(85)46-54(78-60(86)44-50(12-4)62(88)75-28-23-21-18-10-2)56(83)43-51(63(89)76-36-32-68-29-33-70-55(61(67)87)47-95-65(91)93-39-24-37-79(13-5)14-6)41-53(82)42-52(64(90)74-26-19-11-3)45-58(84)73-35-31-69-30-34-71-57(77-49-81)48-96-66(92)94-40-25-38-80(15-7)16-8/h49-52,54-55,57,68-71H,9-48H2,1-8H3,(H2,67,87)(H,72,85)(H,73,84)(H,74,90)(H,75,88)(H,76,89)(H,77,81)(H,78,86). The van der Waals surface area contributed by atoms with Gasteiger partial charge in [-0.05, 0) is 64.7 Å². The molecule has 6 unspecified atom stereocenters. The average Bonchev–Trinajstić information content (AvgIpc) is 0.962. The Morgan fingerprint density at radius 2 is 0.865 bits per heavy atom. The molecular formula is C66H124N14O16. The Hall–Kier alpha value is -6.60. The third kappa shape index (κ3) is 47.3. The summed E-state index contributed by atoms with van der Waals surface area (Å²) in [6, 6.07) is -2.49. The van der Waals surface area contributed by atoms with Gasteiger partial charge in [-0.3, -0.25) is 53.3 Å². The van der Waals surface area contributed by atoms with E-state index in [1.165, 1.54) is 0 Å². The summed E-state index contributed by atoms with van der Waals surface area (Å²) in [7, 11) is 0. The zero-order valence-electron chi connectivity index (χ0n) is 59.3. The van der Waals surface area contributed by atoms with E-state index in [1.54, 1.807) is 6.92 Å². The number of ketones is 2. The van der Waals surface area contributed by atoms with E-state index < -0.39 is 127 Å². The summed E-state index contributed by atoms with van der Waals surface area (Å²) in [6.45, 7) is 23.5. The molecule has 0 bridgehead atoms. The van der Waals surface area contributed by atoms with Crippen LogP contribution in [0.4, 0.5) is 9.59 Å². The van der Waals surface area contributed by atoms with Gasteiger partial charge in [0.15, 0.2) is 5.78 Å². The van der Waals surface area contributed by atoms with E-state index >= 15 is 0 Å². The molecule has 0 rings (SSSR count). The summed E-state index contributed by atoms with van der Waals surface area (Å²) < 4.78 is 20.5. The molecule has 13 N–H and O–H groups in total. The predicted molar refractivity (Wildman–Crippen MR) is 366 cm³/mol. The van der Waals surface area contributed by atoms with E-state index in [-0.39, 0.29) is 84.6 Å². The zero-order valence-corrected chi connectivity index (χ0v) is 59.3. The van der Waals surface area contributed by atoms with Gasteiger partial charge in [0.05, 0.1) is 37.5 Å². The summed E-state index contributed by atoms with van der Waals surface area (Å²) in [4.78, 5) is 163. The number of Topliss-reactive ketones (excluding diaryl/α,β-unsaturated/α-hetero) is 2. The maximum atomic E-state index is 14.5. The molecule has 0 aromatic rings. The van der Waals surface area contributed by atoms with Gasteiger partial charge in [-0.1, -0.05) is 100 Å². The van der Waals surface area contributed by atoms with Crippen LogP contribution in [0.15, 0.2) is 0 Å². The molecule has 0 aromatic carbocycles. The van der Waals surface area contributed by atoms with Crippen LogP contribution in [0.5, 0.6) is 0 Å². The van der Waals surface area contributed by atoms with E-state index in [0.29, 0.717) is 64.7 Å². The summed E-state index contributed by atoms with van der Waals surface area (Å²) in [5.41, 5.74) is 5.55. The summed E-state index contributed by atoms with van der Waals surface area (Å²) in [5.74, 6) is -8.73. The average molecular weight is 1370 g/mol. The molecule has 0 aromatic heterocycles. The van der Waals surface area contributed by atoms with Crippen molar-refractivity contribution in [3.05, 3.63) is 0 Å². The minimum atomic E-state index is -1.46. The van der Waals surface area contributed by atoms with Gasteiger partial charge < -0.3 is 87.6 Å². The first-order valence-corrected chi connectivity index (χ1v) is 35.4. The molecular weight excluding hydrogens is 1240 g/mol. The molecule has 30 heteroatoms. The SMILES string of the molecule is CCCCCCNC(=O)CC(NC(=O)CC(CC)C(=O)NCCCCCC)C(=O)CC(CC(=O)CC(CC(=O)NCCNCCNC(COC(=O)OCCCN(CC)CC)NC=O)C(=O)NCCCC)C(=O)NCCNCCNC(COC(=O)OCCCN(CC)CC)C(N)=O. The minimum absolute atomic E-state index is 0.0172. The van der Waals surface area contributed by atoms with Crippen LogP contribution in [-0.2, 0) is 66.9 Å². The van der Waals surface area contributed by atoms with Crippen molar-refractivity contribution in [2.75, 3.05) is 138 Å². The Morgan fingerprint density at radius 3 is 1.39 bits per heavy atom. The van der Waals surface area contributed by atoms with E-state index in [0.717, 1.165) is 90.6 Å². The van der Waals surface area contributed by atoms with Gasteiger partial charge in [0.1, 0.15) is 31.2 Å². The lowest BCUT2D eigenvalue weighted by molar-refractivity contribution is -0.136. The van der Waals surface area contributed by atoms with Crippen LogP contribution in [0.1, 0.15) is 177 Å². The van der Waals surface area contributed by atoms with Crippen LogP contribution in [0.3, 0.4) is 0 Å². The Balaban J connectivity index is 6.33. The number of carbonyl (C=O) groups is 12. The molecule has 0 radical (unpaired) electrons. The number of nitrogens with two attached hydrogens (primary N) is 1. The van der Waals surface area contributed by atoms with Crippen LogP contribution >= 0.6 is 0 Å². The molecule has 0 aliphatic carbocycles. The fraction of sp³-hybridized carbons (Fsp3) is 0.818. The number of unbranched alkanes of at least 4 members (excludes halogenated alkanes) is 7. The number of hydrogen-bond donors (Lipinski definition) is 12. The molecule has 0 fully saturated rings. The normalized spacial score (nSPS) is 13.0. The number of nitrogens with zero attached hydrogens (tertiary/aromatic N) is 2. The van der Waals surface area contributed by atoms with Gasteiger partial charge in [0.25, 0.3) is 0 Å². The van der Waals surface area contributed by atoms with Crippen molar-refractivity contribution in [2.45, 2.75) is 196 Å². The Labute approximate surface area is 571 Å². The van der Waals surface area contributed by atoms with E-state index in [1.807, 2.05) is 20.8 Å². The van der Waals surface area contributed by atoms with E-state index in [9.17, 15) is 57.5 Å². The highest BCUT2D eigenvalue weighted by atomic mass is 16.7. The molecule has 8 amide bonds. The highest BCUT2D eigenvalue weighted by Crippen LogP contribution is 2.20. The molecule has 30 nitrogen and oxygen atoms in total. The molecule has 0 aliphatic rings. The van der Waals surface area contributed by atoms with Gasteiger partial charge in [-0.2, -0.15) is 0 Å². The lowest BCUT2D eigenvalue weighted by atomic mass is 9.88. The van der Waals surface area contributed by atoms with Gasteiger partial charge in [-0.25, -0.2) is 9.59 Å². The maximum absolute atomic E-state index is 14.5. The molecule has 0 aliphatic heterocycles. The van der Waals surface area contributed by atoms with Crippen molar-refractivity contribution in [3.8, 4) is 0 Å². The summed E-state index contributed by atoms with van der Waals surface area (Å²) >= 11 is 0. The number of primary amides is 1. The van der Waals surface area contributed by atoms with E-state index in [4.69, 9.17) is 24.7 Å². The molecule has 6 atom stereocenters. The number of carbonyl (C=O) groups excluding carboxylic acids is 12. The highest BCUT2D eigenvalue weighted by molar-refractivity contribution is 5.98. The summed E-state index contributed by atoms with van der Waals surface area (Å²) in [6.07, 6.45) is 5.30. The first-order valence-electron chi connectivity index (χ1n) is 35.4. The quantitative estimate of drug-likeness (QED) is 0.0179. The third-order valence-electron chi connectivity index (χ3n) is 15.9. The highest BCUT2D eigenvalue weighted by Gasteiger charge is 2.33. The van der Waals surface area contributed by atoms with Gasteiger partial charge in [0, 0.05) is 123 Å². The Kier molecular flexibility index (Phi) is 55.5. The first-order chi connectivity index (χ1) is 46.2. The maximum Gasteiger partial charge on any atom is 0.508 e. The van der Waals surface area contributed by atoms with Crippen molar-refractivity contribution >= 4 is 71.6 Å². The van der Waals surface area contributed by atoms with Crippen LogP contribution < -0.4 is 64.2 Å². The second kappa shape index (κ2) is 59.6. The second-order valence-electron chi connectivity index (χ2n) is 23.7. The number of hydrogen-bond acceptors (Lipinski definition) is 22. The van der Waals surface area contributed by atoms with Gasteiger partial charge in [-0.15, -0.1) is 0 Å². The molecule has 0 saturated carbocycles. The van der Waals surface area contributed by atoms with Crippen LogP contribution in [0.25, 0.3) is 0 Å². The molecule has 554 valence electrons. The number of ether oxygens (including phenoxy) is 4. The smallest absolute Gasteiger partial charge is 0.434 e. The second-order valence-corrected chi connectivity index (χ2v) is 23.7. The lowest BCUT2D eigenvalue weighted by Gasteiger charge is -2.23. The topological polar surface area (TPSA) is 407 Å². The Morgan fingerprint density at radius 1 is 0.417 bits per heavy atom. The van der Waals surface area contributed by atoms with Gasteiger partial charge >= 0.3 is 12.3 Å². The van der Waals surface area contributed by atoms with Crippen LogP contribution in [-0.4, -0.2) is 237 Å². The van der Waals surface area contributed by atoms with Gasteiger partial charge in [0.2, 0.25) is 47.8 Å². The minimum Gasteiger partial charge on any atom is -0.434 e. The monoisotopic (exact) mass is 1370 g/mol. The fourth-order valence-electron chi connectivity index (χ4n) is 9.92. The van der Waals surface area contributed by atoms with Crippen molar-refractivity contribution in [3.63, 3.8) is 0 Å². The van der Waals surface area contributed by atoms with Crippen molar-refractivity contribution < 1.29 is 76.5 Å². The van der Waals surface area contributed by atoms with E-state index in [2.05, 4.69) is 96.0 Å². The first kappa shape index (κ1) is 89.4. The largest absolute Gasteiger partial charge is 0.508 e. The van der Waals surface area contributed by atoms with Crippen molar-refractivity contribution in [1.82, 2.24) is 68.3 Å². The molecule has 96 heavy (non-hydrogen) atoms. The lowest BCUT2D eigenvalue weighted by Crippen LogP contribution is -2.48. The summed E-state index contributed by atoms with van der Waals surface area (Å²) in [5, 5.41) is 31.4. The fourth-order valence-corrected chi connectivity index (χ4v) is 9.92. The van der Waals surface area contributed by atoms with Crippen LogP contribution in [0.2, 0.25) is 0 Å². The third-order valence-corrected chi connectivity index (χ3v) is 15.9. The molecule has 0 heterocycles. The molecule has 0 spiro atoms. The van der Waals surface area contributed by atoms with Crippen molar-refractivity contribution in [1.29, 1.82) is 0 Å². The van der Waals surface area contributed by atoms with Crippen molar-refractivity contribution in [2.24, 2.45) is 23.5 Å². The van der Waals surface area contributed by atoms with Crippen LogP contribution in [0, 0.1) is 17.8 Å². The zero-order chi connectivity index (χ0) is 71.6. The Bertz CT molecular complexity index is 2200. The number of amides is 8. The number of nitrogens with one attached hydrogen (secondary N) is 11. The molecule has 0 saturated heterocycles. The number of rotatable bonds is 64.